The Balaban J connectivity index is 0.00000106. The molecule has 1 aliphatic carbocycles. The predicted octanol–water partition coefficient (Wildman–Crippen LogP) is 4.86. The summed E-state index contributed by atoms with van der Waals surface area (Å²) in [5.74, 6) is 0.214. The number of carbonyl (C=O) groups excluding carboxylic acids is 1. The second kappa shape index (κ2) is 5.12. The van der Waals surface area contributed by atoms with Gasteiger partial charge in [0.2, 0.25) is 0 Å². The molecule has 94 valence electrons. The summed E-state index contributed by atoms with van der Waals surface area (Å²) in [6, 6.07) is 0. The zero-order valence-corrected chi connectivity index (χ0v) is 15.0. The molecule has 0 heterocycles. The van der Waals surface area contributed by atoms with E-state index in [1.165, 1.54) is 6.08 Å². The van der Waals surface area contributed by atoms with Gasteiger partial charge in [-0.2, -0.15) is 0 Å². The number of hydrogen-bond acceptors (Lipinski definition) is 2. The van der Waals surface area contributed by atoms with Crippen LogP contribution in [-0.2, 0) is 4.79 Å². The molecule has 0 saturated heterocycles. The summed E-state index contributed by atoms with van der Waals surface area (Å²) in [6.07, 6.45) is 1.38. The maximum atomic E-state index is 11.8. The number of aliphatic hydroxyl groups is 1. The molecule has 0 unspecified atom stereocenters. The van der Waals surface area contributed by atoms with Gasteiger partial charge in [0.25, 0.3) is 0 Å². The van der Waals surface area contributed by atoms with Gasteiger partial charge in [-0.3, -0.25) is 4.79 Å². The van der Waals surface area contributed by atoms with Crippen LogP contribution in [0, 0.1) is 16.2 Å². The van der Waals surface area contributed by atoms with Crippen molar-refractivity contribution in [2.75, 3.05) is 0 Å². The van der Waals surface area contributed by atoms with E-state index in [-0.39, 0.29) is 22.4 Å². The van der Waals surface area contributed by atoms with Crippen LogP contribution in [0.15, 0.2) is 11.8 Å². The summed E-state index contributed by atoms with van der Waals surface area (Å²) in [4.78, 5) is 11.8. The van der Waals surface area contributed by atoms with Crippen molar-refractivity contribution in [2.24, 2.45) is 16.2 Å². The van der Waals surface area contributed by atoms with Crippen LogP contribution in [0.3, 0.4) is 0 Å². The lowest BCUT2D eigenvalue weighted by molar-refractivity contribution is -0.137. The van der Waals surface area contributed by atoms with Crippen molar-refractivity contribution in [3.8, 4) is 0 Å². The van der Waals surface area contributed by atoms with E-state index in [1.54, 1.807) is 0 Å². The zero-order valence-electron chi connectivity index (χ0n) is 10.7. The second-order valence-electron chi connectivity index (χ2n) is 5.77. The summed E-state index contributed by atoms with van der Waals surface area (Å²) in [7, 11) is 0. The first-order chi connectivity index (χ1) is 7.05. The quantitative estimate of drug-likeness (QED) is 0.536. The molecule has 0 aromatic rings. The van der Waals surface area contributed by atoms with Gasteiger partial charge in [0.1, 0.15) is 5.76 Å². The van der Waals surface area contributed by atoms with Gasteiger partial charge in [0.15, 0.2) is 5.78 Å². The van der Waals surface area contributed by atoms with E-state index >= 15 is 0 Å². The molecular weight excluding hydrogens is 430 g/mol. The highest BCUT2D eigenvalue weighted by Gasteiger charge is 2.56. The molecule has 0 atom stereocenters. The average Bonchev–Trinajstić information content (AvgIpc) is 2.18. The van der Waals surface area contributed by atoms with Gasteiger partial charge in [0, 0.05) is 54.1 Å². The van der Waals surface area contributed by atoms with Crippen molar-refractivity contribution in [1.82, 2.24) is 0 Å². The summed E-state index contributed by atoms with van der Waals surface area (Å²) >= 11 is 4.24. The number of ketones is 1. The molecule has 0 saturated carbocycles. The Hall–Kier alpha value is 0.670. The van der Waals surface area contributed by atoms with Gasteiger partial charge < -0.3 is 5.11 Å². The largest absolute Gasteiger partial charge is 0.512 e. The third-order valence-corrected chi connectivity index (χ3v) is 4.65. The number of halogens is 2. The Labute approximate surface area is 122 Å². The van der Waals surface area contributed by atoms with Crippen molar-refractivity contribution in [3.05, 3.63) is 11.8 Å². The SMILES string of the molecule is CC1(C)C(=O)C=C(O)C(C)(C)C1(C)C.II. The fourth-order valence-corrected chi connectivity index (χ4v) is 1.89. The molecule has 4 heteroatoms. The zero-order chi connectivity index (χ0) is 13.4. The predicted molar refractivity (Wildman–Crippen MR) is 85.1 cm³/mol. The lowest BCUT2D eigenvalue weighted by Gasteiger charge is -2.53. The summed E-state index contributed by atoms with van der Waals surface area (Å²) in [5, 5.41) is 9.82. The van der Waals surface area contributed by atoms with Gasteiger partial charge >= 0.3 is 0 Å². The molecule has 1 rings (SSSR count). The van der Waals surface area contributed by atoms with E-state index in [1.807, 2.05) is 41.5 Å². The van der Waals surface area contributed by atoms with Crippen LogP contribution in [0.2, 0.25) is 0 Å². The van der Waals surface area contributed by atoms with Crippen LogP contribution in [-0.4, -0.2) is 10.9 Å². The Morgan fingerprint density at radius 2 is 1.38 bits per heavy atom. The molecule has 0 bridgehead atoms. The highest BCUT2D eigenvalue weighted by atomic mass is 128. The average molecular weight is 450 g/mol. The maximum absolute atomic E-state index is 11.8. The molecule has 2 nitrogen and oxygen atoms in total. The smallest absolute Gasteiger partial charge is 0.165 e. The minimum atomic E-state index is -0.428. The standard InChI is InChI=1S/C12H20O2.I2/c1-10(2)8(13)7-9(14)11(3,4)12(10,5)6;1-2/h7,13H,1-6H3;. The first-order valence-electron chi connectivity index (χ1n) is 5.15. The number of rotatable bonds is 0. The number of hydrogen-bond donors (Lipinski definition) is 1. The molecule has 0 spiro atoms. The van der Waals surface area contributed by atoms with Crippen LogP contribution in [0.1, 0.15) is 41.5 Å². The second-order valence-corrected chi connectivity index (χ2v) is 5.77. The van der Waals surface area contributed by atoms with Gasteiger partial charge in [-0.15, -0.1) is 0 Å². The van der Waals surface area contributed by atoms with E-state index in [4.69, 9.17) is 0 Å². The summed E-state index contributed by atoms with van der Waals surface area (Å²) in [5.41, 5.74) is -1.04. The summed E-state index contributed by atoms with van der Waals surface area (Å²) < 4.78 is 0. The Kier molecular flexibility index (Phi) is 5.33. The minimum Gasteiger partial charge on any atom is -0.512 e. The molecule has 1 aliphatic rings. The molecule has 0 aliphatic heterocycles. The van der Waals surface area contributed by atoms with Crippen LogP contribution >= 0.6 is 37.2 Å². The van der Waals surface area contributed by atoms with Crippen molar-refractivity contribution >= 4 is 43.0 Å². The van der Waals surface area contributed by atoms with Crippen LogP contribution < -0.4 is 0 Å². The van der Waals surface area contributed by atoms with Crippen molar-refractivity contribution in [1.29, 1.82) is 0 Å². The molecule has 0 amide bonds. The molecule has 16 heavy (non-hydrogen) atoms. The first kappa shape index (κ1) is 16.7. The van der Waals surface area contributed by atoms with Gasteiger partial charge in [-0.1, -0.05) is 41.5 Å². The third kappa shape index (κ3) is 2.28. The monoisotopic (exact) mass is 450 g/mol. The highest BCUT2D eigenvalue weighted by Crippen LogP contribution is 2.57. The van der Waals surface area contributed by atoms with Crippen molar-refractivity contribution in [3.63, 3.8) is 0 Å². The van der Waals surface area contributed by atoms with Crippen LogP contribution in [0.5, 0.6) is 0 Å². The van der Waals surface area contributed by atoms with Crippen molar-refractivity contribution in [2.45, 2.75) is 41.5 Å². The molecule has 1 N–H and O–H groups in total. The van der Waals surface area contributed by atoms with Crippen LogP contribution in [0.4, 0.5) is 0 Å². The highest BCUT2D eigenvalue weighted by molar-refractivity contribution is 15.0. The molecule has 0 aromatic carbocycles. The molecular formula is C12H20I2O2. The molecule has 0 aromatic heterocycles. The lowest BCUT2D eigenvalue weighted by atomic mass is 9.50. The van der Waals surface area contributed by atoms with Gasteiger partial charge in [-0.25, -0.2) is 0 Å². The fraction of sp³-hybridized carbons (Fsp3) is 0.750. The van der Waals surface area contributed by atoms with E-state index in [0.717, 1.165) is 0 Å². The normalized spacial score (nSPS) is 25.2. The Morgan fingerprint density at radius 1 is 1.00 bits per heavy atom. The fourth-order valence-electron chi connectivity index (χ4n) is 1.89. The van der Waals surface area contributed by atoms with E-state index in [9.17, 15) is 9.90 Å². The first-order valence-corrected chi connectivity index (χ1v) is 11.4. The number of aliphatic hydroxyl groups excluding tert-OH is 1. The molecule has 0 fully saturated rings. The van der Waals surface area contributed by atoms with Crippen LogP contribution in [0.25, 0.3) is 0 Å². The maximum Gasteiger partial charge on any atom is 0.165 e. The lowest BCUT2D eigenvalue weighted by Crippen LogP contribution is -2.52. The summed E-state index contributed by atoms with van der Waals surface area (Å²) in [6.45, 7) is 11.9. The Bertz CT molecular complexity index is 315. The molecule has 0 radical (unpaired) electrons. The van der Waals surface area contributed by atoms with E-state index in [2.05, 4.69) is 37.2 Å². The minimum absolute atomic E-state index is 0.0133. The number of allylic oxidation sites excluding steroid dienone is 2. The van der Waals surface area contributed by atoms with Gasteiger partial charge in [0.05, 0.1) is 0 Å². The van der Waals surface area contributed by atoms with Crippen molar-refractivity contribution < 1.29 is 9.90 Å². The van der Waals surface area contributed by atoms with E-state index < -0.39 is 5.41 Å². The van der Waals surface area contributed by atoms with E-state index in [0.29, 0.717) is 0 Å². The van der Waals surface area contributed by atoms with Gasteiger partial charge in [-0.05, 0) is 5.41 Å². The number of carbonyl (C=O) groups is 1. The Morgan fingerprint density at radius 3 is 1.75 bits per heavy atom. The topological polar surface area (TPSA) is 37.3 Å². The third-order valence-electron chi connectivity index (χ3n) is 4.65.